The first kappa shape index (κ1) is 16.2. The first-order valence-electron chi connectivity index (χ1n) is 8.33. The van der Waals surface area contributed by atoms with Gasteiger partial charge in [-0.25, -0.2) is 0 Å². The van der Waals surface area contributed by atoms with Crippen LogP contribution in [0.4, 0.5) is 0 Å². The van der Waals surface area contributed by atoms with E-state index >= 15 is 0 Å². The molecule has 0 radical (unpaired) electrons. The zero-order valence-electron chi connectivity index (χ0n) is 13.0. The van der Waals surface area contributed by atoms with Gasteiger partial charge in [0.15, 0.2) is 0 Å². The molecule has 2 heterocycles. The molecule has 22 heavy (non-hydrogen) atoms. The maximum absolute atomic E-state index is 9.70. The van der Waals surface area contributed by atoms with E-state index in [1.165, 1.54) is 5.56 Å². The van der Waals surface area contributed by atoms with Gasteiger partial charge >= 0.3 is 0 Å². The van der Waals surface area contributed by atoms with Crippen molar-refractivity contribution < 1.29 is 5.11 Å². The molecule has 2 saturated heterocycles. The molecule has 2 aliphatic rings. The topological polar surface area (TPSA) is 38.7 Å². The van der Waals surface area contributed by atoms with Gasteiger partial charge in [0.1, 0.15) is 0 Å². The number of piperidine rings is 1. The molecule has 2 N–H and O–H groups in total. The summed E-state index contributed by atoms with van der Waals surface area (Å²) in [6, 6.07) is 8.67. The summed E-state index contributed by atoms with van der Waals surface area (Å²) >= 11 is 6.21. The Bertz CT molecular complexity index is 471. The summed E-state index contributed by atoms with van der Waals surface area (Å²) in [5, 5.41) is 13.9. The molecule has 2 aliphatic heterocycles. The second-order valence-electron chi connectivity index (χ2n) is 6.39. The molecular weight excluding hydrogens is 298 g/mol. The van der Waals surface area contributed by atoms with Gasteiger partial charge in [-0.1, -0.05) is 23.7 Å². The number of nitrogens with zero attached hydrogens (tertiary/aromatic N) is 2. The summed E-state index contributed by atoms with van der Waals surface area (Å²) < 4.78 is 0. The molecule has 0 bridgehead atoms. The maximum Gasteiger partial charge on any atom is 0.0564 e. The fourth-order valence-electron chi connectivity index (χ4n) is 3.49. The largest absolute Gasteiger partial charge is 0.393 e. The third-order valence-corrected chi connectivity index (χ3v) is 5.05. The van der Waals surface area contributed by atoms with Gasteiger partial charge in [0.2, 0.25) is 0 Å². The van der Waals surface area contributed by atoms with E-state index in [1.54, 1.807) is 0 Å². The number of nitrogens with one attached hydrogen (secondary N) is 1. The predicted molar refractivity (Wildman–Crippen MR) is 90.3 cm³/mol. The fraction of sp³-hybridized carbons (Fsp3) is 0.647. The molecule has 4 nitrogen and oxygen atoms in total. The number of halogens is 1. The van der Waals surface area contributed by atoms with Crippen LogP contribution < -0.4 is 5.32 Å². The van der Waals surface area contributed by atoms with Crippen LogP contribution in [0, 0.1) is 0 Å². The van der Waals surface area contributed by atoms with Gasteiger partial charge in [0.25, 0.3) is 0 Å². The second-order valence-corrected chi connectivity index (χ2v) is 6.82. The Morgan fingerprint density at radius 3 is 2.59 bits per heavy atom. The number of aliphatic hydroxyl groups excluding tert-OH is 1. The van der Waals surface area contributed by atoms with Gasteiger partial charge in [-0.05, 0) is 30.5 Å². The SMILES string of the molecule is OC1CCN(CC(c2cccc(Cl)c2)N2CCNCC2)CC1. The normalized spacial score (nSPS) is 23.5. The minimum absolute atomic E-state index is 0.111. The third-order valence-electron chi connectivity index (χ3n) is 4.81. The lowest BCUT2D eigenvalue weighted by atomic mass is 10.0. The smallest absolute Gasteiger partial charge is 0.0564 e. The van der Waals surface area contributed by atoms with Crippen LogP contribution in [0.25, 0.3) is 0 Å². The Hall–Kier alpha value is -0.650. The monoisotopic (exact) mass is 323 g/mol. The van der Waals surface area contributed by atoms with Gasteiger partial charge in [0.05, 0.1) is 6.10 Å². The Kier molecular flexibility index (Phi) is 5.71. The van der Waals surface area contributed by atoms with Crippen LogP contribution >= 0.6 is 11.6 Å². The molecular formula is C17H26ClN3O. The van der Waals surface area contributed by atoms with E-state index in [-0.39, 0.29) is 6.10 Å². The zero-order chi connectivity index (χ0) is 15.4. The Morgan fingerprint density at radius 2 is 1.91 bits per heavy atom. The number of hydrogen-bond donors (Lipinski definition) is 2. The summed E-state index contributed by atoms with van der Waals surface area (Å²) in [5.74, 6) is 0. The summed E-state index contributed by atoms with van der Waals surface area (Å²) in [4.78, 5) is 5.05. The lowest BCUT2D eigenvalue weighted by Gasteiger charge is -2.39. The van der Waals surface area contributed by atoms with E-state index in [4.69, 9.17) is 11.6 Å². The molecule has 3 rings (SSSR count). The van der Waals surface area contributed by atoms with Crippen molar-refractivity contribution in [1.82, 2.24) is 15.1 Å². The van der Waals surface area contributed by atoms with Crippen molar-refractivity contribution in [3.8, 4) is 0 Å². The molecule has 1 aromatic rings. The van der Waals surface area contributed by atoms with Gasteiger partial charge < -0.3 is 15.3 Å². The maximum atomic E-state index is 9.70. The number of benzene rings is 1. The van der Waals surface area contributed by atoms with Gasteiger partial charge in [-0.15, -0.1) is 0 Å². The summed E-state index contributed by atoms with van der Waals surface area (Å²) in [6.07, 6.45) is 1.67. The lowest BCUT2D eigenvalue weighted by Crippen LogP contribution is -2.49. The highest BCUT2D eigenvalue weighted by Crippen LogP contribution is 2.26. The van der Waals surface area contributed by atoms with Crippen molar-refractivity contribution >= 4 is 11.6 Å². The van der Waals surface area contributed by atoms with Crippen LogP contribution in [0.1, 0.15) is 24.4 Å². The van der Waals surface area contributed by atoms with Crippen LogP contribution in [0.3, 0.4) is 0 Å². The highest BCUT2D eigenvalue weighted by Gasteiger charge is 2.26. The zero-order valence-corrected chi connectivity index (χ0v) is 13.8. The van der Waals surface area contributed by atoms with Crippen molar-refractivity contribution in [3.05, 3.63) is 34.9 Å². The average molecular weight is 324 g/mol. The summed E-state index contributed by atoms with van der Waals surface area (Å²) in [6.45, 7) is 7.26. The molecule has 122 valence electrons. The van der Waals surface area contributed by atoms with E-state index in [2.05, 4.69) is 27.2 Å². The Morgan fingerprint density at radius 1 is 1.18 bits per heavy atom. The molecule has 0 aliphatic carbocycles. The number of likely N-dealkylation sites (tertiary alicyclic amines) is 1. The highest BCUT2D eigenvalue weighted by molar-refractivity contribution is 6.30. The van der Waals surface area contributed by atoms with Gasteiger partial charge in [-0.2, -0.15) is 0 Å². The molecule has 5 heteroatoms. The number of hydrogen-bond acceptors (Lipinski definition) is 4. The van der Waals surface area contributed by atoms with Crippen LogP contribution in [0.15, 0.2) is 24.3 Å². The van der Waals surface area contributed by atoms with Crippen molar-refractivity contribution in [3.63, 3.8) is 0 Å². The first-order chi connectivity index (χ1) is 10.7. The average Bonchev–Trinajstić information content (AvgIpc) is 2.55. The summed E-state index contributed by atoms with van der Waals surface area (Å²) in [5.41, 5.74) is 1.31. The number of aliphatic hydroxyl groups is 1. The first-order valence-corrected chi connectivity index (χ1v) is 8.71. The van der Waals surface area contributed by atoms with E-state index in [0.717, 1.165) is 63.7 Å². The van der Waals surface area contributed by atoms with Crippen LogP contribution in [-0.4, -0.2) is 66.8 Å². The molecule has 1 unspecified atom stereocenters. The van der Waals surface area contributed by atoms with Gasteiger partial charge in [-0.3, -0.25) is 4.90 Å². The van der Waals surface area contributed by atoms with Crippen molar-refractivity contribution in [2.75, 3.05) is 45.8 Å². The fourth-order valence-corrected chi connectivity index (χ4v) is 3.68. The minimum atomic E-state index is -0.111. The Balaban J connectivity index is 1.73. The van der Waals surface area contributed by atoms with E-state index in [1.807, 2.05) is 12.1 Å². The molecule has 2 fully saturated rings. The predicted octanol–water partition coefficient (Wildman–Crippen LogP) is 1.74. The number of piperazine rings is 1. The molecule has 0 amide bonds. The molecule has 0 spiro atoms. The van der Waals surface area contributed by atoms with Crippen molar-refractivity contribution in [2.24, 2.45) is 0 Å². The Labute approximate surface area is 138 Å². The van der Waals surface area contributed by atoms with Crippen LogP contribution in [0.5, 0.6) is 0 Å². The molecule has 0 saturated carbocycles. The van der Waals surface area contributed by atoms with E-state index in [9.17, 15) is 5.11 Å². The molecule has 1 atom stereocenters. The summed E-state index contributed by atoms with van der Waals surface area (Å²) in [7, 11) is 0. The highest BCUT2D eigenvalue weighted by atomic mass is 35.5. The quantitative estimate of drug-likeness (QED) is 0.885. The minimum Gasteiger partial charge on any atom is -0.393 e. The van der Waals surface area contributed by atoms with Gasteiger partial charge in [0, 0.05) is 56.9 Å². The standard InChI is InChI=1S/C17H26ClN3O/c18-15-3-1-2-14(12-15)17(21-10-6-19-7-11-21)13-20-8-4-16(22)5-9-20/h1-3,12,16-17,19,22H,4-11,13H2. The second kappa shape index (κ2) is 7.75. The van der Waals surface area contributed by atoms with Crippen molar-refractivity contribution in [1.29, 1.82) is 0 Å². The van der Waals surface area contributed by atoms with E-state index < -0.39 is 0 Å². The lowest BCUT2D eigenvalue weighted by molar-refractivity contribution is 0.0589. The number of rotatable bonds is 4. The van der Waals surface area contributed by atoms with E-state index in [0.29, 0.717) is 6.04 Å². The van der Waals surface area contributed by atoms with Crippen LogP contribution in [0.2, 0.25) is 5.02 Å². The van der Waals surface area contributed by atoms with Crippen molar-refractivity contribution in [2.45, 2.75) is 25.0 Å². The third kappa shape index (κ3) is 4.21. The molecule has 1 aromatic carbocycles. The molecule has 0 aromatic heterocycles. The van der Waals surface area contributed by atoms with Crippen LogP contribution in [-0.2, 0) is 0 Å².